The number of benzene rings is 1. The Morgan fingerprint density at radius 1 is 1.35 bits per heavy atom. The van der Waals surface area contributed by atoms with Gasteiger partial charge in [-0.3, -0.25) is 14.9 Å². The van der Waals surface area contributed by atoms with Gasteiger partial charge in [-0.15, -0.1) is 11.3 Å². The lowest BCUT2D eigenvalue weighted by molar-refractivity contribution is 0.0732. The summed E-state index contributed by atoms with van der Waals surface area (Å²) in [5.41, 5.74) is 0.214. The van der Waals surface area contributed by atoms with Gasteiger partial charge in [-0.25, -0.2) is 13.8 Å². The number of carbonyl (C=O) groups is 2. The van der Waals surface area contributed by atoms with E-state index in [0.29, 0.717) is 0 Å². The van der Waals surface area contributed by atoms with Crippen molar-refractivity contribution in [3.8, 4) is 0 Å². The van der Waals surface area contributed by atoms with Crippen LogP contribution in [0.3, 0.4) is 0 Å². The van der Waals surface area contributed by atoms with E-state index in [9.17, 15) is 18.4 Å². The molecule has 0 bridgehead atoms. The summed E-state index contributed by atoms with van der Waals surface area (Å²) in [7, 11) is 3.75. The lowest BCUT2D eigenvalue weighted by atomic mass is 10.2. The van der Waals surface area contributed by atoms with Gasteiger partial charge in [-0.2, -0.15) is 0 Å². The van der Waals surface area contributed by atoms with Crippen LogP contribution in [0.2, 0.25) is 0 Å². The van der Waals surface area contributed by atoms with Crippen LogP contribution in [-0.4, -0.2) is 59.8 Å². The zero-order valence-electron chi connectivity index (χ0n) is 14.3. The van der Waals surface area contributed by atoms with Crippen molar-refractivity contribution in [3.63, 3.8) is 0 Å². The molecular weight excluding hydrogens is 362 g/mol. The molecular formula is C17H18F2N4O2S. The third-order valence-electron chi connectivity index (χ3n) is 4.36. The van der Waals surface area contributed by atoms with Crippen LogP contribution in [0.25, 0.3) is 0 Å². The van der Waals surface area contributed by atoms with Crippen molar-refractivity contribution in [2.24, 2.45) is 0 Å². The Labute approximate surface area is 153 Å². The van der Waals surface area contributed by atoms with Crippen LogP contribution in [0.5, 0.6) is 0 Å². The summed E-state index contributed by atoms with van der Waals surface area (Å²) < 4.78 is 26.2. The molecule has 0 unspecified atom stereocenters. The van der Waals surface area contributed by atoms with Crippen molar-refractivity contribution in [1.29, 1.82) is 0 Å². The highest BCUT2D eigenvalue weighted by Gasteiger charge is 2.28. The zero-order chi connectivity index (χ0) is 18.8. The summed E-state index contributed by atoms with van der Waals surface area (Å²) in [6.45, 7) is 1.75. The van der Waals surface area contributed by atoms with E-state index >= 15 is 0 Å². The molecule has 1 aromatic heterocycles. The molecule has 138 valence electrons. The number of hydrogen-bond acceptors (Lipinski definition) is 5. The highest BCUT2D eigenvalue weighted by atomic mass is 32.1. The monoisotopic (exact) mass is 380 g/mol. The van der Waals surface area contributed by atoms with E-state index in [0.717, 1.165) is 43.0 Å². The molecule has 1 fully saturated rings. The van der Waals surface area contributed by atoms with E-state index in [1.54, 1.807) is 17.3 Å². The first-order valence-corrected chi connectivity index (χ1v) is 8.90. The molecule has 1 aromatic carbocycles. The number of anilines is 1. The molecule has 1 N–H and O–H groups in total. The van der Waals surface area contributed by atoms with Gasteiger partial charge in [-0.05, 0) is 38.2 Å². The van der Waals surface area contributed by atoms with E-state index < -0.39 is 17.5 Å². The average Bonchev–Trinajstić information content (AvgIpc) is 3.25. The molecule has 0 aliphatic carbocycles. The fourth-order valence-corrected chi connectivity index (χ4v) is 3.49. The minimum absolute atomic E-state index is 0.0295. The highest BCUT2D eigenvalue weighted by molar-refractivity contribution is 7.14. The van der Waals surface area contributed by atoms with Gasteiger partial charge >= 0.3 is 0 Å². The van der Waals surface area contributed by atoms with Crippen molar-refractivity contribution in [2.45, 2.75) is 12.5 Å². The molecule has 6 nitrogen and oxygen atoms in total. The van der Waals surface area contributed by atoms with Crippen LogP contribution in [0.1, 0.15) is 27.3 Å². The lowest BCUT2D eigenvalue weighted by Crippen LogP contribution is -2.38. The van der Waals surface area contributed by atoms with Crippen molar-refractivity contribution in [1.82, 2.24) is 14.8 Å². The number of rotatable bonds is 4. The van der Waals surface area contributed by atoms with Crippen LogP contribution in [0.15, 0.2) is 23.6 Å². The summed E-state index contributed by atoms with van der Waals surface area (Å²) in [6, 6.07) is 3.01. The third kappa shape index (κ3) is 3.88. The van der Waals surface area contributed by atoms with Crippen molar-refractivity contribution in [3.05, 3.63) is 46.5 Å². The predicted molar refractivity (Wildman–Crippen MR) is 94.4 cm³/mol. The topological polar surface area (TPSA) is 65.5 Å². The molecule has 2 aromatic rings. The zero-order valence-corrected chi connectivity index (χ0v) is 15.1. The predicted octanol–water partition coefficient (Wildman–Crippen LogP) is 2.45. The Balaban J connectivity index is 1.66. The average molecular weight is 380 g/mol. The highest BCUT2D eigenvalue weighted by Crippen LogP contribution is 2.20. The number of amides is 2. The number of aromatic nitrogens is 1. The Hall–Kier alpha value is -2.39. The molecule has 2 heterocycles. The van der Waals surface area contributed by atoms with Crippen molar-refractivity contribution >= 4 is 28.3 Å². The quantitative estimate of drug-likeness (QED) is 0.885. The van der Waals surface area contributed by atoms with E-state index in [1.165, 1.54) is 6.07 Å². The Kier molecular flexibility index (Phi) is 5.28. The van der Waals surface area contributed by atoms with Crippen LogP contribution in [0, 0.1) is 11.6 Å². The van der Waals surface area contributed by atoms with Crippen molar-refractivity contribution < 1.29 is 18.4 Å². The molecule has 3 rings (SSSR count). The Morgan fingerprint density at radius 2 is 2.12 bits per heavy atom. The summed E-state index contributed by atoms with van der Waals surface area (Å²) in [5, 5.41) is 4.29. The normalized spacial score (nSPS) is 17.3. The number of halogens is 2. The minimum atomic E-state index is -1.10. The molecule has 1 saturated heterocycles. The SMILES string of the molecule is CN1CC[C@@H](N(C)C(=O)c2csc(NC(=O)c3ccc(F)c(F)c3)n2)C1. The minimum Gasteiger partial charge on any atom is -0.336 e. The number of thiazole rings is 1. The second-order valence-electron chi connectivity index (χ2n) is 6.24. The maximum atomic E-state index is 13.2. The number of nitrogens with one attached hydrogen (secondary N) is 1. The maximum Gasteiger partial charge on any atom is 0.273 e. The van der Waals surface area contributed by atoms with Gasteiger partial charge in [0.15, 0.2) is 16.8 Å². The molecule has 0 spiro atoms. The fourth-order valence-electron chi connectivity index (χ4n) is 2.81. The first-order chi connectivity index (χ1) is 12.3. The van der Waals surface area contributed by atoms with Crippen molar-refractivity contribution in [2.75, 3.05) is 32.5 Å². The maximum absolute atomic E-state index is 13.2. The van der Waals surface area contributed by atoms with E-state index in [1.807, 2.05) is 7.05 Å². The van der Waals surface area contributed by atoms with Gasteiger partial charge in [0.1, 0.15) is 5.69 Å². The molecule has 0 radical (unpaired) electrons. The van der Waals surface area contributed by atoms with E-state index in [4.69, 9.17) is 0 Å². The second kappa shape index (κ2) is 7.46. The fraction of sp³-hybridized carbons (Fsp3) is 0.353. The van der Waals surface area contributed by atoms with Gasteiger partial charge in [-0.1, -0.05) is 0 Å². The van der Waals surface area contributed by atoms with Crippen LogP contribution in [0.4, 0.5) is 13.9 Å². The third-order valence-corrected chi connectivity index (χ3v) is 5.12. The van der Waals surface area contributed by atoms with Gasteiger partial charge < -0.3 is 9.80 Å². The number of likely N-dealkylation sites (N-methyl/N-ethyl adjacent to an activating group) is 2. The number of likely N-dealkylation sites (tertiary alicyclic amines) is 1. The lowest BCUT2D eigenvalue weighted by Gasteiger charge is -2.23. The number of carbonyl (C=O) groups excluding carboxylic acids is 2. The first kappa shape index (κ1) is 18.4. The molecule has 1 atom stereocenters. The molecule has 9 heteroatoms. The van der Waals surface area contributed by atoms with Crippen LogP contribution >= 0.6 is 11.3 Å². The Bertz CT molecular complexity index is 842. The largest absolute Gasteiger partial charge is 0.336 e. The van der Waals surface area contributed by atoms with Crippen LogP contribution < -0.4 is 5.32 Å². The van der Waals surface area contributed by atoms with E-state index in [-0.39, 0.29) is 28.3 Å². The molecule has 1 aliphatic heterocycles. The molecule has 0 saturated carbocycles. The van der Waals surface area contributed by atoms with Gasteiger partial charge in [0.25, 0.3) is 11.8 Å². The second-order valence-corrected chi connectivity index (χ2v) is 7.10. The smallest absolute Gasteiger partial charge is 0.273 e. The summed E-state index contributed by atoms with van der Waals surface area (Å²) in [6.07, 6.45) is 0.905. The Morgan fingerprint density at radius 3 is 2.77 bits per heavy atom. The first-order valence-electron chi connectivity index (χ1n) is 8.03. The number of hydrogen-bond donors (Lipinski definition) is 1. The standard InChI is InChI=1S/C17H18F2N4O2S/c1-22-6-5-11(8-22)23(2)16(25)14-9-26-17(20-14)21-15(24)10-3-4-12(18)13(19)7-10/h3-4,7,9,11H,5-6,8H2,1-2H3,(H,20,21,24)/t11-/m1/s1. The summed E-state index contributed by atoms with van der Waals surface area (Å²) in [5.74, 6) is -2.96. The molecule has 2 amide bonds. The molecule has 1 aliphatic rings. The number of nitrogens with zero attached hydrogens (tertiary/aromatic N) is 3. The van der Waals surface area contributed by atoms with Crippen LogP contribution in [-0.2, 0) is 0 Å². The van der Waals surface area contributed by atoms with Gasteiger partial charge in [0.05, 0.1) is 0 Å². The summed E-state index contributed by atoms with van der Waals surface area (Å²) >= 11 is 1.10. The summed E-state index contributed by atoms with van der Waals surface area (Å²) in [4.78, 5) is 32.6. The van der Waals surface area contributed by atoms with E-state index in [2.05, 4.69) is 15.2 Å². The van der Waals surface area contributed by atoms with Gasteiger partial charge in [0.2, 0.25) is 0 Å². The van der Waals surface area contributed by atoms with Gasteiger partial charge in [0, 0.05) is 30.6 Å². The molecule has 26 heavy (non-hydrogen) atoms.